The molecule has 2 aromatic heterocycles. The lowest BCUT2D eigenvalue weighted by Gasteiger charge is -2.10. The third-order valence-corrected chi connectivity index (χ3v) is 3.85. The second-order valence-corrected chi connectivity index (χ2v) is 5.32. The van der Waals surface area contributed by atoms with Crippen molar-refractivity contribution in [1.82, 2.24) is 9.97 Å². The molecule has 2 aromatic rings. The second kappa shape index (κ2) is 5.81. The topological polar surface area (TPSA) is 61.6 Å². The van der Waals surface area contributed by atoms with Gasteiger partial charge in [-0.2, -0.15) is 5.26 Å². The molecular formula is C14H16N4S. The van der Waals surface area contributed by atoms with Crippen LogP contribution in [-0.4, -0.2) is 17.0 Å². The molecule has 2 rings (SSSR count). The molecule has 0 amide bonds. The van der Waals surface area contributed by atoms with Crippen LogP contribution in [0.25, 0.3) is 10.6 Å². The van der Waals surface area contributed by atoms with Gasteiger partial charge in [-0.1, -0.05) is 6.92 Å². The summed E-state index contributed by atoms with van der Waals surface area (Å²) in [5, 5.41) is 12.0. The number of nitriles is 1. The van der Waals surface area contributed by atoms with E-state index in [9.17, 15) is 0 Å². The highest BCUT2D eigenvalue weighted by Crippen LogP contribution is 2.31. The van der Waals surface area contributed by atoms with Crippen molar-refractivity contribution in [3.05, 3.63) is 28.4 Å². The molecule has 0 saturated carbocycles. The SMILES string of the molecule is CCCc1nc(NC)c(C)c(-c2ccc(C#N)s2)n1. The summed E-state index contributed by atoms with van der Waals surface area (Å²) in [6.07, 6.45) is 1.87. The van der Waals surface area contributed by atoms with Gasteiger partial charge in [-0.3, -0.25) is 0 Å². The van der Waals surface area contributed by atoms with Gasteiger partial charge in [0.25, 0.3) is 0 Å². The van der Waals surface area contributed by atoms with Crippen molar-refractivity contribution in [2.75, 3.05) is 12.4 Å². The smallest absolute Gasteiger partial charge is 0.133 e. The third-order valence-electron chi connectivity index (χ3n) is 2.85. The van der Waals surface area contributed by atoms with Crippen molar-refractivity contribution in [3.63, 3.8) is 0 Å². The zero-order valence-corrected chi connectivity index (χ0v) is 12.1. The number of nitrogens with zero attached hydrogens (tertiary/aromatic N) is 3. The molecule has 5 heteroatoms. The number of thiophene rings is 1. The van der Waals surface area contributed by atoms with Crippen LogP contribution in [0.15, 0.2) is 12.1 Å². The number of aryl methyl sites for hydroxylation is 1. The van der Waals surface area contributed by atoms with E-state index < -0.39 is 0 Å². The minimum atomic E-state index is 0.705. The molecule has 0 radical (unpaired) electrons. The van der Waals surface area contributed by atoms with E-state index in [4.69, 9.17) is 5.26 Å². The minimum absolute atomic E-state index is 0.705. The molecule has 0 aliphatic rings. The van der Waals surface area contributed by atoms with Gasteiger partial charge in [0.05, 0.1) is 10.6 Å². The van der Waals surface area contributed by atoms with Crippen LogP contribution in [0.4, 0.5) is 5.82 Å². The minimum Gasteiger partial charge on any atom is -0.373 e. The number of anilines is 1. The molecule has 0 aliphatic carbocycles. The summed E-state index contributed by atoms with van der Waals surface area (Å²) in [5.74, 6) is 1.71. The molecule has 19 heavy (non-hydrogen) atoms. The summed E-state index contributed by atoms with van der Waals surface area (Å²) in [7, 11) is 1.87. The maximum absolute atomic E-state index is 8.92. The highest BCUT2D eigenvalue weighted by molar-refractivity contribution is 7.16. The van der Waals surface area contributed by atoms with E-state index in [1.807, 2.05) is 26.1 Å². The molecule has 1 N–H and O–H groups in total. The molecule has 4 nitrogen and oxygen atoms in total. The van der Waals surface area contributed by atoms with Gasteiger partial charge < -0.3 is 5.32 Å². The first-order valence-corrected chi connectivity index (χ1v) is 7.06. The number of nitrogens with one attached hydrogen (secondary N) is 1. The average Bonchev–Trinajstić information content (AvgIpc) is 2.89. The Bertz CT molecular complexity index is 625. The molecule has 0 unspecified atom stereocenters. The van der Waals surface area contributed by atoms with Crippen molar-refractivity contribution in [2.45, 2.75) is 26.7 Å². The van der Waals surface area contributed by atoms with Gasteiger partial charge in [0.15, 0.2) is 0 Å². The molecule has 0 atom stereocenters. The Morgan fingerprint density at radius 3 is 2.74 bits per heavy atom. The lowest BCUT2D eigenvalue weighted by molar-refractivity contribution is 0.835. The van der Waals surface area contributed by atoms with Gasteiger partial charge in [0.2, 0.25) is 0 Å². The van der Waals surface area contributed by atoms with E-state index >= 15 is 0 Å². The quantitative estimate of drug-likeness (QED) is 0.926. The highest BCUT2D eigenvalue weighted by atomic mass is 32.1. The van der Waals surface area contributed by atoms with Crippen LogP contribution in [0.2, 0.25) is 0 Å². The van der Waals surface area contributed by atoms with E-state index in [1.54, 1.807) is 0 Å². The van der Waals surface area contributed by atoms with Crippen LogP contribution >= 0.6 is 11.3 Å². The molecule has 0 bridgehead atoms. The summed E-state index contributed by atoms with van der Waals surface area (Å²) in [5.41, 5.74) is 1.95. The van der Waals surface area contributed by atoms with E-state index in [0.717, 1.165) is 40.6 Å². The lowest BCUT2D eigenvalue weighted by Crippen LogP contribution is -2.04. The maximum atomic E-state index is 8.92. The molecule has 0 spiro atoms. The largest absolute Gasteiger partial charge is 0.373 e. The number of aromatic nitrogens is 2. The molecule has 2 heterocycles. The summed E-state index contributed by atoms with van der Waals surface area (Å²) >= 11 is 1.47. The van der Waals surface area contributed by atoms with Crippen LogP contribution < -0.4 is 5.32 Å². The van der Waals surface area contributed by atoms with Crippen LogP contribution in [0, 0.1) is 18.3 Å². The predicted octanol–water partition coefficient (Wildman–Crippen LogP) is 3.38. The van der Waals surface area contributed by atoms with Gasteiger partial charge in [-0.05, 0) is 25.5 Å². The standard InChI is InChI=1S/C14H16N4S/c1-4-5-12-17-13(9(2)14(16-3)18-12)11-7-6-10(8-15)19-11/h6-7H,4-5H2,1-3H3,(H,16,17,18). The van der Waals surface area contributed by atoms with E-state index in [1.165, 1.54) is 11.3 Å². The van der Waals surface area contributed by atoms with Gasteiger partial charge in [-0.15, -0.1) is 11.3 Å². The summed E-state index contributed by atoms with van der Waals surface area (Å²) in [6, 6.07) is 5.95. The number of hydrogen-bond donors (Lipinski definition) is 1. The maximum Gasteiger partial charge on any atom is 0.133 e. The first kappa shape index (κ1) is 13.5. The first-order chi connectivity index (χ1) is 9.19. The van der Waals surface area contributed by atoms with Gasteiger partial charge in [0.1, 0.15) is 22.6 Å². The van der Waals surface area contributed by atoms with Crippen LogP contribution in [-0.2, 0) is 6.42 Å². The van der Waals surface area contributed by atoms with Crippen molar-refractivity contribution >= 4 is 17.2 Å². The van der Waals surface area contributed by atoms with E-state index in [-0.39, 0.29) is 0 Å². The van der Waals surface area contributed by atoms with Crippen molar-refractivity contribution < 1.29 is 0 Å². The average molecular weight is 272 g/mol. The first-order valence-electron chi connectivity index (χ1n) is 6.25. The Morgan fingerprint density at radius 1 is 1.37 bits per heavy atom. The monoisotopic (exact) mass is 272 g/mol. The fourth-order valence-electron chi connectivity index (χ4n) is 1.91. The Kier molecular flexibility index (Phi) is 4.13. The summed E-state index contributed by atoms with van der Waals surface area (Å²) < 4.78 is 0. The van der Waals surface area contributed by atoms with Crippen molar-refractivity contribution in [1.29, 1.82) is 5.26 Å². The van der Waals surface area contributed by atoms with Gasteiger partial charge in [-0.25, -0.2) is 9.97 Å². The zero-order chi connectivity index (χ0) is 13.8. The van der Waals surface area contributed by atoms with Gasteiger partial charge >= 0.3 is 0 Å². The second-order valence-electron chi connectivity index (χ2n) is 4.24. The normalized spacial score (nSPS) is 10.2. The fourth-order valence-corrected chi connectivity index (χ4v) is 2.76. The lowest BCUT2D eigenvalue weighted by atomic mass is 10.2. The molecule has 98 valence electrons. The molecule has 0 saturated heterocycles. The Morgan fingerprint density at radius 2 is 2.16 bits per heavy atom. The fraction of sp³-hybridized carbons (Fsp3) is 0.357. The molecule has 0 fully saturated rings. The Hall–Kier alpha value is -1.93. The van der Waals surface area contributed by atoms with Crippen LogP contribution in [0.5, 0.6) is 0 Å². The Balaban J connectivity index is 2.54. The number of rotatable bonds is 4. The molecular weight excluding hydrogens is 256 g/mol. The third kappa shape index (κ3) is 2.74. The van der Waals surface area contributed by atoms with Crippen molar-refractivity contribution in [3.8, 4) is 16.6 Å². The Labute approximate surface area is 117 Å². The predicted molar refractivity (Wildman–Crippen MR) is 78.3 cm³/mol. The molecule has 0 aliphatic heterocycles. The number of hydrogen-bond acceptors (Lipinski definition) is 5. The van der Waals surface area contributed by atoms with E-state index in [2.05, 4.69) is 28.3 Å². The summed E-state index contributed by atoms with van der Waals surface area (Å²) in [6.45, 7) is 4.11. The zero-order valence-electron chi connectivity index (χ0n) is 11.3. The molecule has 0 aromatic carbocycles. The summed E-state index contributed by atoms with van der Waals surface area (Å²) in [4.78, 5) is 10.9. The van der Waals surface area contributed by atoms with Gasteiger partial charge in [0, 0.05) is 19.0 Å². The highest BCUT2D eigenvalue weighted by Gasteiger charge is 2.13. The van der Waals surface area contributed by atoms with Crippen LogP contribution in [0.3, 0.4) is 0 Å². The van der Waals surface area contributed by atoms with Crippen molar-refractivity contribution in [2.24, 2.45) is 0 Å². The van der Waals surface area contributed by atoms with Crippen LogP contribution in [0.1, 0.15) is 29.6 Å². The van der Waals surface area contributed by atoms with E-state index in [0.29, 0.717) is 4.88 Å².